The molecule has 0 aliphatic rings. The molecule has 0 radical (unpaired) electrons. The molecule has 0 unspecified atom stereocenters. The van der Waals surface area contributed by atoms with Gasteiger partial charge in [-0.3, -0.25) is 0 Å². The predicted molar refractivity (Wildman–Crippen MR) is 109 cm³/mol. The van der Waals surface area contributed by atoms with Gasteiger partial charge in [-0.1, -0.05) is 72.8 Å². The van der Waals surface area contributed by atoms with Crippen LogP contribution in [-0.2, 0) is 0 Å². The van der Waals surface area contributed by atoms with E-state index >= 15 is 0 Å². The van der Waals surface area contributed by atoms with E-state index in [0.717, 1.165) is 5.69 Å². The van der Waals surface area contributed by atoms with E-state index in [1.165, 1.54) is 43.4 Å². The molecule has 0 bridgehead atoms. The van der Waals surface area contributed by atoms with Gasteiger partial charge in [0.1, 0.15) is 0 Å². The highest BCUT2D eigenvalue weighted by Gasteiger charge is 2.10. The quantitative estimate of drug-likeness (QED) is 0.281. The van der Waals surface area contributed by atoms with Gasteiger partial charge in [0.15, 0.2) is 0 Å². The number of hydrogen-bond donors (Lipinski definition) is 1. The van der Waals surface area contributed by atoms with Crippen LogP contribution < -0.4 is 5.73 Å². The summed E-state index contributed by atoms with van der Waals surface area (Å²) < 4.78 is 0. The summed E-state index contributed by atoms with van der Waals surface area (Å²) in [6, 6.07) is 32.2. The van der Waals surface area contributed by atoms with Gasteiger partial charge in [0, 0.05) is 5.69 Å². The largest absolute Gasteiger partial charge is 0.399 e. The minimum Gasteiger partial charge on any atom is -0.399 e. The number of benzene rings is 5. The summed E-state index contributed by atoms with van der Waals surface area (Å²) in [6.45, 7) is 0. The zero-order valence-corrected chi connectivity index (χ0v) is 13.7. The molecular weight excluding hydrogens is 302 g/mol. The van der Waals surface area contributed by atoms with E-state index in [9.17, 15) is 0 Å². The molecule has 1 heteroatoms. The van der Waals surface area contributed by atoms with Crippen molar-refractivity contribution in [1.82, 2.24) is 0 Å². The van der Waals surface area contributed by atoms with E-state index in [2.05, 4.69) is 78.9 Å². The Labute approximate surface area is 146 Å². The molecule has 0 saturated carbocycles. The van der Waals surface area contributed by atoms with Crippen LogP contribution in [0.3, 0.4) is 0 Å². The topological polar surface area (TPSA) is 26.0 Å². The number of nitrogens with two attached hydrogens (primary N) is 1. The van der Waals surface area contributed by atoms with Crippen LogP contribution in [0.15, 0.2) is 91.0 Å². The van der Waals surface area contributed by atoms with Crippen LogP contribution in [0.4, 0.5) is 5.69 Å². The van der Waals surface area contributed by atoms with Crippen molar-refractivity contribution >= 4 is 38.0 Å². The molecule has 0 aliphatic carbocycles. The number of nitrogen functional groups attached to an aromatic ring is 1. The minimum atomic E-state index is 0.791. The molecule has 0 saturated heterocycles. The van der Waals surface area contributed by atoms with Crippen molar-refractivity contribution in [3.05, 3.63) is 91.0 Å². The van der Waals surface area contributed by atoms with Crippen LogP contribution in [-0.4, -0.2) is 0 Å². The molecule has 0 spiro atoms. The monoisotopic (exact) mass is 319 g/mol. The van der Waals surface area contributed by atoms with Crippen molar-refractivity contribution < 1.29 is 0 Å². The van der Waals surface area contributed by atoms with Crippen molar-refractivity contribution in [2.75, 3.05) is 5.73 Å². The SMILES string of the molecule is Nc1ccc(-c2cc3c4ccccc4ccc3c3ccccc23)cc1. The Morgan fingerprint density at radius 3 is 1.92 bits per heavy atom. The average Bonchev–Trinajstić information content (AvgIpc) is 2.68. The molecule has 1 nitrogen and oxygen atoms in total. The first-order chi connectivity index (χ1) is 12.3. The summed E-state index contributed by atoms with van der Waals surface area (Å²) in [5, 5.41) is 7.72. The van der Waals surface area contributed by atoms with Gasteiger partial charge in [-0.25, -0.2) is 0 Å². The van der Waals surface area contributed by atoms with Gasteiger partial charge in [0.25, 0.3) is 0 Å². The second-order valence-corrected chi connectivity index (χ2v) is 6.47. The summed E-state index contributed by atoms with van der Waals surface area (Å²) in [4.78, 5) is 0. The van der Waals surface area contributed by atoms with Crippen molar-refractivity contribution in [3.8, 4) is 11.1 Å². The Morgan fingerprint density at radius 1 is 0.480 bits per heavy atom. The second kappa shape index (κ2) is 5.35. The molecule has 118 valence electrons. The zero-order valence-electron chi connectivity index (χ0n) is 13.7. The van der Waals surface area contributed by atoms with Gasteiger partial charge in [-0.05, 0) is 61.6 Å². The van der Waals surface area contributed by atoms with Gasteiger partial charge < -0.3 is 5.73 Å². The molecule has 2 N–H and O–H groups in total. The Bertz CT molecular complexity index is 1230. The standard InChI is InChI=1S/C24H17N/c25-18-12-9-17(10-13-18)23-15-24-19-6-2-1-5-16(19)11-14-22(24)20-7-3-4-8-21(20)23/h1-15H,25H2. The maximum atomic E-state index is 5.88. The zero-order chi connectivity index (χ0) is 16.8. The van der Waals surface area contributed by atoms with Crippen molar-refractivity contribution in [2.45, 2.75) is 0 Å². The third kappa shape index (κ3) is 2.17. The summed E-state index contributed by atoms with van der Waals surface area (Å²) in [5.74, 6) is 0. The summed E-state index contributed by atoms with van der Waals surface area (Å²) in [6.07, 6.45) is 0. The first-order valence-electron chi connectivity index (χ1n) is 8.50. The fourth-order valence-electron chi connectivity index (χ4n) is 3.76. The lowest BCUT2D eigenvalue weighted by atomic mass is 9.91. The summed E-state index contributed by atoms with van der Waals surface area (Å²) >= 11 is 0. The normalized spacial score (nSPS) is 11.4. The number of anilines is 1. The van der Waals surface area contributed by atoms with Crippen LogP contribution in [0.25, 0.3) is 43.4 Å². The highest BCUT2D eigenvalue weighted by atomic mass is 14.5. The Morgan fingerprint density at radius 2 is 1.12 bits per heavy atom. The predicted octanol–water partition coefficient (Wildman–Crippen LogP) is 6.40. The van der Waals surface area contributed by atoms with Crippen LogP contribution >= 0.6 is 0 Å². The third-order valence-electron chi connectivity index (χ3n) is 4.99. The van der Waals surface area contributed by atoms with Crippen LogP contribution in [0.5, 0.6) is 0 Å². The molecular formula is C24H17N. The Kier molecular flexibility index (Phi) is 3.01. The molecule has 0 atom stereocenters. The van der Waals surface area contributed by atoms with Gasteiger partial charge in [-0.2, -0.15) is 0 Å². The van der Waals surface area contributed by atoms with E-state index in [0.29, 0.717) is 0 Å². The lowest BCUT2D eigenvalue weighted by molar-refractivity contribution is 1.65. The first kappa shape index (κ1) is 14.1. The number of rotatable bonds is 1. The third-order valence-corrected chi connectivity index (χ3v) is 4.99. The average molecular weight is 319 g/mol. The van der Waals surface area contributed by atoms with Gasteiger partial charge in [0.05, 0.1) is 0 Å². The molecule has 5 rings (SSSR count). The van der Waals surface area contributed by atoms with E-state index in [-0.39, 0.29) is 0 Å². The smallest absolute Gasteiger partial charge is 0.0314 e. The number of hydrogen-bond acceptors (Lipinski definition) is 1. The van der Waals surface area contributed by atoms with E-state index in [4.69, 9.17) is 5.73 Å². The van der Waals surface area contributed by atoms with Gasteiger partial charge in [0.2, 0.25) is 0 Å². The van der Waals surface area contributed by atoms with Crippen molar-refractivity contribution in [2.24, 2.45) is 0 Å². The van der Waals surface area contributed by atoms with Crippen LogP contribution in [0.2, 0.25) is 0 Å². The van der Waals surface area contributed by atoms with Gasteiger partial charge >= 0.3 is 0 Å². The Hall–Kier alpha value is -3.32. The molecule has 0 heterocycles. The number of fused-ring (bicyclic) bond motifs is 5. The molecule has 25 heavy (non-hydrogen) atoms. The van der Waals surface area contributed by atoms with E-state index in [1.807, 2.05) is 12.1 Å². The second-order valence-electron chi connectivity index (χ2n) is 6.47. The maximum Gasteiger partial charge on any atom is 0.0314 e. The van der Waals surface area contributed by atoms with Gasteiger partial charge in [-0.15, -0.1) is 0 Å². The fourth-order valence-corrected chi connectivity index (χ4v) is 3.76. The lowest BCUT2D eigenvalue weighted by Gasteiger charge is -2.13. The van der Waals surface area contributed by atoms with Crippen LogP contribution in [0, 0.1) is 0 Å². The highest BCUT2D eigenvalue weighted by molar-refractivity contribution is 6.20. The summed E-state index contributed by atoms with van der Waals surface area (Å²) in [7, 11) is 0. The molecule has 5 aromatic carbocycles. The van der Waals surface area contributed by atoms with Crippen LogP contribution in [0.1, 0.15) is 0 Å². The molecule has 5 aromatic rings. The maximum absolute atomic E-state index is 5.88. The lowest BCUT2D eigenvalue weighted by Crippen LogP contribution is -1.87. The fraction of sp³-hybridized carbons (Fsp3) is 0. The van der Waals surface area contributed by atoms with Crippen molar-refractivity contribution in [1.29, 1.82) is 0 Å². The molecule has 0 aromatic heterocycles. The highest BCUT2D eigenvalue weighted by Crippen LogP contribution is 2.37. The van der Waals surface area contributed by atoms with E-state index in [1.54, 1.807) is 0 Å². The summed E-state index contributed by atoms with van der Waals surface area (Å²) in [5.41, 5.74) is 9.12. The first-order valence-corrected chi connectivity index (χ1v) is 8.50. The molecule has 0 amide bonds. The minimum absolute atomic E-state index is 0.791. The van der Waals surface area contributed by atoms with E-state index < -0.39 is 0 Å². The van der Waals surface area contributed by atoms with Crippen molar-refractivity contribution in [3.63, 3.8) is 0 Å². The Balaban J connectivity index is 1.98. The molecule has 0 aliphatic heterocycles. The molecule has 0 fully saturated rings.